The zero-order chi connectivity index (χ0) is 19.3. The first-order valence-corrected chi connectivity index (χ1v) is 8.16. The first-order chi connectivity index (χ1) is 12.2. The molecule has 1 amide bonds. The van der Waals surface area contributed by atoms with Gasteiger partial charge in [-0.25, -0.2) is 0 Å². The molecule has 2 rings (SSSR count). The molecule has 2 N–H and O–H groups in total. The van der Waals surface area contributed by atoms with Crippen molar-refractivity contribution in [2.24, 2.45) is 0 Å². The molecule has 0 fully saturated rings. The highest BCUT2D eigenvalue weighted by Gasteiger charge is 2.30. The fourth-order valence-electron chi connectivity index (χ4n) is 2.15. The van der Waals surface area contributed by atoms with Crippen LogP contribution >= 0.6 is 11.6 Å². The molecule has 0 saturated carbocycles. The molecule has 0 heterocycles. The number of carbonyl (C=O) groups is 3. The van der Waals surface area contributed by atoms with Crippen LogP contribution in [-0.2, 0) is 9.59 Å². The standard InChI is InChI=1S/C19H18ClNO5/c1-19(2,18(25)21-11-16(22)23)26-15-9-5-13(6-10-15)17(24)12-3-7-14(20)8-4-12/h3-10H,11H2,1-2H3,(H,21,25)(H,22,23). The molecule has 7 heteroatoms. The van der Waals surface area contributed by atoms with Crippen molar-refractivity contribution >= 4 is 29.3 Å². The second-order valence-electron chi connectivity index (χ2n) is 6.05. The zero-order valence-electron chi connectivity index (χ0n) is 14.3. The van der Waals surface area contributed by atoms with Crippen molar-refractivity contribution < 1.29 is 24.2 Å². The summed E-state index contributed by atoms with van der Waals surface area (Å²) in [6.07, 6.45) is 0. The number of aliphatic carboxylic acids is 1. The summed E-state index contributed by atoms with van der Waals surface area (Å²) in [4.78, 5) is 34.9. The van der Waals surface area contributed by atoms with Crippen molar-refractivity contribution in [1.29, 1.82) is 0 Å². The second kappa shape index (κ2) is 8.01. The quantitative estimate of drug-likeness (QED) is 0.726. The van der Waals surface area contributed by atoms with E-state index in [1.54, 1.807) is 48.5 Å². The van der Waals surface area contributed by atoms with E-state index < -0.39 is 24.0 Å². The van der Waals surface area contributed by atoms with E-state index in [4.69, 9.17) is 21.4 Å². The molecule has 0 aromatic heterocycles. The number of nitrogens with one attached hydrogen (secondary N) is 1. The number of ketones is 1. The lowest BCUT2D eigenvalue weighted by Crippen LogP contribution is -2.47. The van der Waals surface area contributed by atoms with Crippen LogP contribution in [0.15, 0.2) is 48.5 Å². The van der Waals surface area contributed by atoms with Crippen molar-refractivity contribution in [3.63, 3.8) is 0 Å². The van der Waals surface area contributed by atoms with Gasteiger partial charge in [0.25, 0.3) is 5.91 Å². The van der Waals surface area contributed by atoms with E-state index in [2.05, 4.69) is 5.32 Å². The van der Waals surface area contributed by atoms with Crippen molar-refractivity contribution in [1.82, 2.24) is 5.32 Å². The molecule has 0 aliphatic carbocycles. The van der Waals surface area contributed by atoms with Gasteiger partial charge in [-0.3, -0.25) is 14.4 Å². The highest BCUT2D eigenvalue weighted by atomic mass is 35.5. The van der Waals surface area contributed by atoms with Crippen LogP contribution in [0.2, 0.25) is 5.02 Å². The number of ether oxygens (including phenoxy) is 1. The van der Waals surface area contributed by atoms with Crippen LogP contribution in [0, 0.1) is 0 Å². The fourth-order valence-corrected chi connectivity index (χ4v) is 2.28. The Kier molecular flexibility index (Phi) is 6.00. The minimum Gasteiger partial charge on any atom is -0.480 e. The zero-order valence-corrected chi connectivity index (χ0v) is 15.0. The Hall–Kier alpha value is -2.86. The van der Waals surface area contributed by atoms with Crippen molar-refractivity contribution in [2.75, 3.05) is 6.54 Å². The molecular formula is C19H18ClNO5. The normalized spacial score (nSPS) is 10.9. The number of amides is 1. The van der Waals surface area contributed by atoms with Gasteiger partial charge in [-0.15, -0.1) is 0 Å². The third kappa shape index (κ3) is 5.07. The summed E-state index contributed by atoms with van der Waals surface area (Å²) < 4.78 is 5.62. The van der Waals surface area contributed by atoms with E-state index >= 15 is 0 Å². The lowest BCUT2D eigenvalue weighted by molar-refractivity contribution is -0.141. The number of carboxylic acids is 1. The fraction of sp³-hybridized carbons (Fsp3) is 0.211. The third-order valence-corrected chi connectivity index (χ3v) is 3.79. The summed E-state index contributed by atoms with van der Waals surface area (Å²) in [5.41, 5.74) is -0.291. The Morgan fingerprint density at radius 1 is 1.00 bits per heavy atom. The molecule has 136 valence electrons. The smallest absolute Gasteiger partial charge is 0.322 e. The predicted octanol–water partition coefficient (Wildman–Crippen LogP) is 2.93. The maximum absolute atomic E-state index is 12.4. The molecule has 0 aliphatic heterocycles. The van der Waals surface area contributed by atoms with Crippen molar-refractivity contribution in [2.45, 2.75) is 19.4 Å². The minimum absolute atomic E-state index is 0.160. The molecule has 0 bridgehead atoms. The lowest BCUT2D eigenvalue weighted by Gasteiger charge is -2.25. The second-order valence-corrected chi connectivity index (χ2v) is 6.49. The Morgan fingerprint density at radius 2 is 1.50 bits per heavy atom. The van der Waals surface area contributed by atoms with Crippen LogP contribution < -0.4 is 10.1 Å². The molecular weight excluding hydrogens is 358 g/mol. The van der Waals surface area contributed by atoms with Gasteiger partial charge in [0.2, 0.25) is 0 Å². The molecule has 0 atom stereocenters. The first-order valence-electron chi connectivity index (χ1n) is 7.78. The maximum atomic E-state index is 12.4. The van der Waals surface area contributed by atoms with Crippen LogP contribution in [0.5, 0.6) is 5.75 Å². The Balaban J connectivity index is 2.06. The minimum atomic E-state index is -1.27. The van der Waals surface area contributed by atoms with Crippen molar-refractivity contribution in [3.05, 3.63) is 64.7 Å². The number of rotatable bonds is 7. The Bertz CT molecular complexity index is 813. The van der Waals surface area contributed by atoms with Gasteiger partial charge in [0.15, 0.2) is 11.4 Å². The summed E-state index contributed by atoms with van der Waals surface area (Å²) in [7, 11) is 0. The van der Waals surface area contributed by atoms with Crippen LogP contribution in [-0.4, -0.2) is 34.9 Å². The number of carbonyl (C=O) groups excluding carboxylic acids is 2. The molecule has 0 aliphatic rings. The van der Waals surface area contributed by atoms with Gasteiger partial charge in [0, 0.05) is 16.1 Å². The molecule has 0 radical (unpaired) electrons. The predicted molar refractivity (Wildman–Crippen MR) is 96.7 cm³/mol. The first kappa shape index (κ1) is 19.5. The topological polar surface area (TPSA) is 92.7 Å². The van der Waals surface area contributed by atoms with E-state index in [9.17, 15) is 14.4 Å². The third-order valence-electron chi connectivity index (χ3n) is 3.54. The van der Waals surface area contributed by atoms with Gasteiger partial charge in [-0.2, -0.15) is 0 Å². The Morgan fingerprint density at radius 3 is 2.00 bits per heavy atom. The van der Waals surface area contributed by atoms with Gasteiger partial charge < -0.3 is 15.2 Å². The maximum Gasteiger partial charge on any atom is 0.322 e. The average molecular weight is 376 g/mol. The van der Waals surface area contributed by atoms with E-state index in [0.717, 1.165) is 0 Å². The van der Waals surface area contributed by atoms with Gasteiger partial charge in [0.1, 0.15) is 12.3 Å². The highest BCUT2D eigenvalue weighted by molar-refractivity contribution is 6.30. The van der Waals surface area contributed by atoms with Gasteiger partial charge in [-0.05, 0) is 62.4 Å². The monoisotopic (exact) mass is 375 g/mol. The van der Waals surface area contributed by atoms with E-state index in [-0.39, 0.29) is 5.78 Å². The molecule has 6 nitrogen and oxygen atoms in total. The summed E-state index contributed by atoms with van der Waals surface area (Å²) in [5.74, 6) is -1.47. The summed E-state index contributed by atoms with van der Waals surface area (Å²) in [5, 5.41) is 11.4. The number of halogens is 1. The van der Waals surface area contributed by atoms with Crippen molar-refractivity contribution in [3.8, 4) is 5.75 Å². The average Bonchev–Trinajstić information content (AvgIpc) is 2.60. The molecule has 26 heavy (non-hydrogen) atoms. The lowest BCUT2D eigenvalue weighted by atomic mass is 10.0. The largest absolute Gasteiger partial charge is 0.480 e. The summed E-state index contributed by atoms with van der Waals surface area (Å²) in [6, 6.07) is 12.9. The van der Waals surface area contributed by atoms with Gasteiger partial charge in [0.05, 0.1) is 0 Å². The SMILES string of the molecule is CC(C)(Oc1ccc(C(=O)c2ccc(Cl)cc2)cc1)C(=O)NCC(=O)O. The number of hydrogen-bond donors (Lipinski definition) is 2. The highest BCUT2D eigenvalue weighted by Crippen LogP contribution is 2.21. The number of benzene rings is 2. The molecule has 0 spiro atoms. The molecule has 0 unspecified atom stereocenters. The molecule has 2 aromatic rings. The number of carboxylic acid groups (broad SMARTS) is 1. The van der Waals surface area contributed by atoms with E-state index in [1.165, 1.54) is 13.8 Å². The van der Waals surface area contributed by atoms with E-state index in [0.29, 0.717) is 21.9 Å². The van der Waals surface area contributed by atoms with E-state index in [1.807, 2.05) is 0 Å². The van der Waals surface area contributed by atoms with Gasteiger partial charge >= 0.3 is 5.97 Å². The van der Waals surface area contributed by atoms with Crippen LogP contribution in [0.1, 0.15) is 29.8 Å². The van der Waals surface area contributed by atoms with Crippen LogP contribution in [0.3, 0.4) is 0 Å². The molecule has 2 aromatic carbocycles. The van der Waals surface area contributed by atoms with Crippen LogP contribution in [0.25, 0.3) is 0 Å². The summed E-state index contributed by atoms with van der Waals surface area (Å²) >= 11 is 5.82. The van der Waals surface area contributed by atoms with Crippen LogP contribution in [0.4, 0.5) is 0 Å². The molecule has 0 saturated heterocycles. The number of hydrogen-bond acceptors (Lipinski definition) is 4. The van der Waals surface area contributed by atoms with Gasteiger partial charge in [-0.1, -0.05) is 11.6 Å². The summed E-state index contributed by atoms with van der Waals surface area (Å²) in [6.45, 7) is 2.56. The Labute approximate surface area is 155 Å².